The first-order chi connectivity index (χ1) is 8.13. The van der Waals surface area contributed by atoms with E-state index in [1.165, 1.54) is 9.75 Å². The van der Waals surface area contributed by atoms with Crippen LogP contribution in [0.5, 0.6) is 0 Å². The van der Waals surface area contributed by atoms with Crippen molar-refractivity contribution in [3.8, 4) is 0 Å². The van der Waals surface area contributed by atoms with E-state index in [9.17, 15) is 0 Å². The molecule has 0 saturated heterocycles. The Kier molecular flexibility index (Phi) is 4.66. The molecule has 0 bridgehead atoms. The van der Waals surface area contributed by atoms with E-state index in [1.54, 1.807) is 22.7 Å². The Morgan fingerprint density at radius 3 is 2.71 bits per heavy atom. The molecule has 2 rings (SSSR count). The van der Waals surface area contributed by atoms with E-state index in [0.717, 1.165) is 20.9 Å². The minimum absolute atomic E-state index is 0.211. The van der Waals surface area contributed by atoms with Crippen molar-refractivity contribution < 1.29 is 0 Å². The van der Waals surface area contributed by atoms with Gasteiger partial charge in [-0.15, -0.1) is 22.7 Å². The maximum atomic E-state index is 6.36. The molecule has 5 heteroatoms. The topological polar surface area (TPSA) is 12.0 Å². The fourth-order valence-corrected chi connectivity index (χ4v) is 4.63. The lowest BCUT2D eigenvalue weighted by atomic mass is 10.2. The van der Waals surface area contributed by atoms with Crippen LogP contribution in [0.4, 0.5) is 0 Å². The largest absolute Gasteiger partial charge is 0.305 e. The summed E-state index contributed by atoms with van der Waals surface area (Å²) in [4.78, 5) is 2.50. The van der Waals surface area contributed by atoms with Crippen molar-refractivity contribution in [2.45, 2.75) is 19.9 Å². The molecule has 2 heterocycles. The van der Waals surface area contributed by atoms with Crippen LogP contribution in [0.15, 0.2) is 21.3 Å². The molecule has 1 atom stereocenters. The summed E-state index contributed by atoms with van der Waals surface area (Å²) in [5.74, 6) is 0. The van der Waals surface area contributed by atoms with Gasteiger partial charge in [0.05, 0.1) is 14.9 Å². The molecule has 0 fully saturated rings. The first-order valence-corrected chi connectivity index (χ1v) is 8.22. The molecule has 1 N–H and O–H groups in total. The number of aryl methyl sites for hydroxylation is 1. The first-order valence-electron chi connectivity index (χ1n) is 5.35. The van der Waals surface area contributed by atoms with E-state index >= 15 is 0 Å². The smallest absolute Gasteiger partial charge is 0.0780 e. The normalized spacial score (nSPS) is 12.9. The van der Waals surface area contributed by atoms with Crippen molar-refractivity contribution in [1.29, 1.82) is 0 Å². The summed E-state index contributed by atoms with van der Waals surface area (Å²) < 4.78 is 1.15. The van der Waals surface area contributed by atoms with Gasteiger partial charge in [-0.3, -0.25) is 0 Å². The molecule has 0 aromatic carbocycles. The third kappa shape index (κ3) is 2.93. The van der Waals surface area contributed by atoms with Crippen molar-refractivity contribution in [2.75, 3.05) is 6.54 Å². The summed E-state index contributed by atoms with van der Waals surface area (Å²) in [5, 5.41) is 6.51. The van der Waals surface area contributed by atoms with Crippen LogP contribution in [0, 0.1) is 6.92 Å². The van der Waals surface area contributed by atoms with Gasteiger partial charge in [0.2, 0.25) is 0 Å². The lowest BCUT2D eigenvalue weighted by molar-refractivity contribution is 0.649. The average molecular weight is 351 g/mol. The molecule has 2 aromatic heterocycles. The molecule has 17 heavy (non-hydrogen) atoms. The van der Waals surface area contributed by atoms with Gasteiger partial charge in [-0.2, -0.15) is 0 Å². The van der Waals surface area contributed by atoms with Crippen molar-refractivity contribution in [3.05, 3.63) is 41.6 Å². The molecular formula is C12H13BrClNS2. The van der Waals surface area contributed by atoms with Gasteiger partial charge in [-0.05, 0) is 52.5 Å². The Morgan fingerprint density at radius 2 is 2.24 bits per heavy atom. The molecule has 1 unspecified atom stereocenters. The van der Waals surface area contributed by atoms with Gasteiger partial charge in [0.15, 0.2) is 0 Å². The number of nitrogens with one attached hydrogen (secondary N) is 1. The van der Waals surface area contributed by atoms with E-state index in [-0.39, 0.29) is 6.04 Å². The number of hydrogen-bond acceptors (Lipinski definition) is 3. The Labute approximate surface area is 123 Å². The SMILES string of the molecule is CCNC(c1ccc(Br)s1)c1scc(C)c1Cl. The molecule has 92 valence electrons. The number of hydrogen-bond donors (Lipinski definition) is 1. The zero-order valence-corrected chi connectivity index (χ0v) is 13.6. The highest BCUT2D eigenvalue weighted by Gasteiger charge is 2.20. The highest BCUT2D eigenvalue weighted by atomic mass is 79.9. The van der Waals surface area contributed by atoms with Gasteiger partial charge < -0.3 is 5.32 Å². The lowest BCUT2D eigenvalue weighted by Crippen LogP contribution is -2.20. The van der Waals surface area contributed by atoms with E-state index < -0.39 is 0 Å². The Morgan fingerprint density at radius 1 is 1.47 bits per heavy atom. The molecule has 0 amide bonds. The monoisotopic (exact) mass is 349 g/mol. The van der Waals surface area contributed by atoms with Crippen LogP contribution in [0.3, 0.4) is 0 Å². The summed E-state index contributed by atoms with van der Waals surface area (Å²) >= 11 is 13.3. The van der Waals surface area contributed by atoms with Gasteiger partial charge in [-0.25, -0.2) is 0 Å². The minimum Gasteiger partial charge on any atom is -0.305 e. The minimum atomic E-state index is 0.211. The first kappa shape index (κ1) is 13.6. The second kappa shape index (κ2) is 5.85. The third-order valence-electron chi connectivity index (χ3n) is 2.47. The molecule has 1 nitrogen and oxygen atoms in total. The quantitative estimate of drug-likeness (QED) is 0.796. The summed E-state index contributed by atoms with van der Waals surface area (Å²) in [7, 11) is 0. The number of halogens is 2. The second-order valence-electron chi connectivity index (χ2n) is 3.73. The molecule has 0 aliphatic rings. The highest BCUT2D eigenvalue weighted by molar-refractivity contribution is 9.11. The zero-order chi connectivity index (χ0) is 12.4. The van der Waals surface area contributed by atoms with Crippen molar-refractivity contribution in [1.82, 2.24) is 5.32 Å². The molecule has 0 spiro atoms. The lowest BCUT2D eigenvalue weighted by Gasteiger charge is -2.15. The van der Waals surface area contributed by atoms with Crippen LogP contribution in [0.1, 0.15) is 28.3 Å². The van der Waals surface area contributed by atoms with Crippen LogP contribution in [0.25, 0.3) is 0 Å². The molecular weight excluding hydrogens is 338 g/mol. The van der Waals surface area contributed by atoms with E-state index in [4.69, 9.17) is 11.6 Å². The Balaban J connectivity index is 2.38. The maximum absolute atomic E-state index is 6.36. The van der Waals surface area contributed by atoms with Crippen LogP contribution in [-0.2, 0) is 0 Å². The number of rotatable bonds is 4. The van der Waals surface area contributed by atoms with Gasteiger partial charge >= 0.3 is 0 Å². The number of thiophene rings is 2. The van der Waals surface area contributed by atoms with E-state index in [1.807, 2.05) is 0 Å². The zero-order valence-electron chi connectivity index (χ0n) is 9.59. The Hall–Kier alpha value is 0.130. The van der Waals surface area contributed by atoms with Crippen molar-refractivity contribution in [3.63, 3.8) is 0 Å². The molecule has 0 aliphatic carbocycles. The summed E-state index contributed by atoms with van der Waals surface area (Å²) in [6.45, 7) is 5.09. The van der Waals surface area contributed by atoms with E-state index in [0.29, 0.717) is 0 Å². The van der Waals surface area contributed by atoms with Crippen LogP contribution in [0.2, 0.25) is 5.02 Å². The molecule has 2 aromatic rings. The summed E-state index contributed by atoms with van der Waals surface area (Å²) in [5.41, 5.74) is 1.16. The molecule has 0 radical (unpaired) electrons. The second-order valence-corrected chi connectivity index (χ2v) is 7.51. The van der Waals surface area contributed by atoms with Crippen LogP contribution >= 0.6 is 50.2 Å². The van der Waals surface area contributed by atoms with Crippen LogP contribution in [-0.4, -0.2) is 6.54 Å². The molecule has 0 saturated carbocycles. The summed E-state index contributed by atoms with van der Waals surface area (Å²) in [6.07, 6.45) is 0. The van der Waals surface area contributed by atoms with Gasteiger partial charge in [-0.1, -0.05) is 18.5 Å². The molecule has 0 aliphatic heterocycles. The van der Waals surface area contributed by atoms with E-state index in [2.05, 4.69) is 52.6 Å². The fourth-order valence-electron chi connectivity index (χ4n) is 1.65. The third-order valence-corrected chi connectivity index (χ3v) is 5.94. The summed E-state index contributed by atoms with van der Waals surface area (Å²) in [6, 6.07) is 4.44. The van der Waals surface area contributed by atoms with Crippen molar-refractivity contribution >= 4 is 50.2 Å². The average Bonchev–Trinajstić information content (AvgIpc) is 2.85. The Bertz CT molecular complexity index is 506. The maximum Gasteiger partial charge on any atom is 0.0780 e. The van der Waals surface area contributed by atoms with Crippen molar-refractivity contribution in [2.24, 2.45) is 0 Å². The van der Waals surface area contributed by atoms with Gasteiger partial charge in [0.25, 0.3) is 0 Å². The van der Waals surface area contributed by atoms with Gasteiger partial charge in [0.1, 0.15) is 0 Å². The predicted octanol–water partition coefficient (Wildman–Crippen LogP) is 5.23. The highest BCUT2D eigenvalue weighted by Crippen LogP contribution is 2.38. The fraction of sp³-hybridized carbons (Fsp3) is 0.333. The van der Waals surface area contributed by atoms with Gasteiger partial charge in [0, 0.05) is 9.75 Å². The van der Waals surface area contributed by atoms with Crippen LogP contribution < -0.4 is 5.32 Å². The standard InChI is InChI=1S/C12H13BrClNS2/c1-3-15-11(8-4-5-9(13)17-8)12-10(14)7(2)6-16-12/h4-6,11,15H,3H2,1-2H3. The predicted molar refractivity (Wildman–Crippen MR) is 81.6 cm³/mol.